The fourth-order valence-electron chi connectivity index (χ4n) is 0.692. The monoisotopic (exact) mass is 183 g/mol. The van der Waals surface area contributed by atoms with Crippen molar-refractivity contribution in [1.82, 2.24) is 4.98 Å². The minimum Gasteiger partial charge on any atom is -0.472 e. The molecule has 0 bridgehead atoms. The summed E-state index contributed by atoms with van der Waals surface area (Å²) in [7, 11) is 0. The van der Waals surface area contributed by atoms with Crippen LogP contribution in [-0.4, -0.2) is 11.6 Å². The third kappa shape index (κ3) is 2.93. The number of pyridine rings is 1. The van der Waals surface area contributed by atoms with Crippen LogP contribution >= 0.6 is 11.6 Å². The zero-order chi connectivity index (χ0) is 8.97. The lowest BCUT2D eigenvalue weighted by Gasteiger charge is -2.02. The maximum atomic E-state index is 5.51. The van der Waals surface area contributed by atoms with E-state index in [4.69, 9.17) is 16.3 Å². The quantitative estimate of drug-likeness (QED) is 0.719. The van der Waals surface area contributed by atoms with E-state index < -0.39 is 0 Å². The predicted octanol–water partition coefficient (Wildman–Crippen LogP) is 2.52. The predicted molar refractivity (Wildman–Crippen MR) is 49.5 cm³/mol. The Balaban J connectivity index is 2.53. The van der Waals surface area contributed by atoms with Crippen LogP contribution in [0.15, 0.2) is 29.9 Å². The maximum Gasteiger partial charge on any atom is 0.213 e. The van der Waals surface area contributed by atoms with Gasteiger partial charge < -0.3 is 4.74 Å². The van der Waals surface area contributed by atoms with Gasteiger partial charge in [-0.1, -0.05) is 24.2 Å². The van der Waals surface area contributed by atoms with E-state index >= 15 is 0 Å². The Morgan fingerprint density at radius 3 is 2.92 bits per heavy atom. The van der Waals surface area contributed by atoms with E-state index in [1.54, 1.807) is 12.3 Å². The van der Waals surface area contributed by atoms with Gasteiger partial charge in [0, 0.05) is 17.3 Å². The molecule has 2 nitrogen and oxygen atoms in total. The summed E-state index contributed by atoms with van der Waals surface area (Å²) in [6, 6.07) is 3.73. The summed E-state index contributed by atoms with van der Waals surface area (Å²) in [6.07, 6.45) is 1.74. The number of ether oxygens (including phenoxy) is 1. The Labute approximate surface area is 76.8 Å². The molecule has 0 saturated carbocycles. The highest BCUT2D eigenvalue weighted by atomic mass is 35.5. The van der Waals surface area contributed by atoms with Crippen molar-refractivity contribution in [3.05, 3.63) is 35.5 Å². The highest BCUT2D eigenvalue weighted by molar-refractivity contribution is 6.29. The average Bonchev–Trinajstić information content (AvgIpc) is 2.03. The van der Waals surface area contributed by atoms with Crippen LogP contribution in [0.4, 0.5) is 0 Å². The summed E-state index contributed by atoms with van der Waals surface area (Å²) in [6.45, 7) is 5.77. The molecule has 0 radical (unpaired) electrons. The van der Waals surface area contributed by atoms with Crippen LogP contribution in [0.25, 0.3) is 0 Å². The Bertz CT molecular complexity index is 268. The first kappa shape index (κ1) is 9.07. The van der Waals surface area contributed by atoms with Gasteiger partial charge in [-0.2, -0.15) is 0 Å². The van der Waals surface area contributed by atoms with Crippen LogP contribution in [0.3, 0.4) is 0 Å². The Kier molecular flexibility index (Phi) is 3.11. The highest BCUT2D eigenvalue weighted by Crippen LogP contribution is 2.08. The zero-order valence-corrected chi connectivity index (χ0v) is 7.64. The molecule has 3 heteroatoms. The molecule has 0 unspecified atom stereocenters. The molecule has 0 amide bonds. The van der Waals surface area contributed by atoms with Gasteiger partial charge in [-0.15, -0.1) is 0 Å². The number of aryl methyl sites for hydroxylation is 1. The second-order valence-electron chi connectivity index (χ2n) is 2.48. The van der Waals surface area contributed by atoms with Crippen molar-refractivity contribution in [2.24, 2.45) is 0 Å². The molecule has 0 aromatic carbocycles. The second kappa shape index (κ2) is 4.12. The van der Waals surface area contributed by atoms with Crippen LogP contribution in [0.2, 0.25) is 0 Å². The van der Waals surface area contributed by atoms with Crippen LogP contribution in [0.1, 0.15) is 5.56 Å². The Morgan fingerprint density at radius 1 is 1.67 bits per heavy atom. The van der Waals surface area contributed by atoms with Gasteiger partial charge in [0.15, 0.2) is 0 Å². The topological polar surface area (TPSA) is 22.1 Å². The van der Waals surface area contributed by atoms with E-state index in [0.29, 0.717) is 17.5 Å². The minimum absolute atomic E-state index is 0.303. The number of halogens is 1. The zero-order valence-electron chi connectivity index (χ0n) is 6.88. The lowest BCUT2D eigenvalue weighted by molar-refractivity contribution is 0.345. The van der Waals surface area contributed by atoms with E-state index in [0.717, 1.165) is 5.56 Å². The molecular weight excluding hydrogens is 174 g/mol. The first-order valence-electron chi connectivity index (χ1n) is 3.57. The molecule has 0 N–H and O–H groups in total. The molecule has 64 valence electrons. The summed E-state index contributed by atoms with van der Waals surface area (Å²) < 4.78 is 5.18. The molecular formula is C9H10ClNO. The van der Waals surface area contributed by atoms with E-state index in [1.807, 2.05) is 13.0 Å². The number of rotatable bonds is 3. The van der Waals surface area contributed by atoms with Gasteiger partial charge in [0.2, 0.25) is 5.88 Å². The van der Waals surface area contributed by atoms with Gasteiger partial charge in [0.25, 0.3) is 0 Å². The summed E-state index contributed by atoms with van der Waals surface area (Å²) in [4.78, 5) is 4.03. The van der Waals surface area contributed by atoms with Crippen LogP contribution in [0, 0.1) is 6.92 Å². The van der Waals surface area contributed by atoms with Crippen molar-refractivity contribution in [2.45, 2.75) is 6.92 Å². The van der Waals surface area contributed by atoms with Gasteiger partial charge in [0.1, 0.15) is 6.61 Å². The first-order chi connectivity index (χ1) is 5.68. The standard InChI is InChI=1S/C9H10ClNO/c1-7-3-4-9(11-5-7)12-6-8(2)10/h3-5H,2,6H2,1H3. The molecule has 0 spiro atoms. The van der Waals surface area contributed by atoms with Crippen molar-refractivity contribution in [2.75, 3.05) is 6.61 Å². The molecule has 0 aliphatic carbocycles. The van der Waals surface area contributed by atoms with Gasteiger partial charge in [-0.3, -0.25) is 0 Å². The van der Waals surface area contributed by atoms with Crippen LogP contribution in [0.5, 0.6) is 5.88 Å². The fraction of sp³-hybridized carbons (Fsp3) is 0.222. The molecule has 12 heavy (non-hydrogen) atoms. The van der Waals surface area contributed by atoms with Crippen LogP contribution < -0.4 is 4.74 Å². The number of hydrogen-bond acceptors (Lipinski definition) is 2. The minimum atomic E-state index is 0.303. The van der Waals surface area contributed by atoms with E-state index in [9.17, 15) is 0 Å². The SMILES string of the molecule is C=C(Cl)COc1ccc(C)cn1. The van der Waals surface area contributed by atoms with Crippen molar-refractivity contribution in [3.63, 3.8) is 0 Å². The molecule has 0 aliphatic heterocycles. The lowest BCUT2D eigenvalue weighted by atomic mass is 10.3. The van der Waals surface area contributed by atoms with Crippen LogP contribution in [-0.2, 0) is 0 Å². The second-order valence-corrected chi connectivity index (χ2v) is 3.01. The normalized spacial score (nSPS) is 9.50. The number of hydrogen-bond donors (Lipinski definition) is 0. The average molecular weight is 184 g/mol. The molecule has 0 atom stereocenters. The van der Waals surface area contributed by atoms with Crippen molar-refractivity contribution < 1.29 is 4.74 Å². The largest absolute Gasteiger partial charge is 0.472 e. The first-order valence-corrected chi connectivity index (χ1v) is 3.95. The molecule has 1 heterocycles. The number of aromatic nitrogens is 1. The van der Waals surface area contributed by atoms with E-state index in [2.05, 4.69) is 11.6 Å². The van der Waals surface area contributed by atoms with E-state index in [-0.39, 0.29) is 0 Å². The van der Waals surface area contributed by atoms with Gasteiger partial charge in [0.05, 0.1) is 0 Å². The molecule has 1 aromatic rings. The Hall–Kier alpha value is -1.02. The van der Waals surface area contributed by atoms with Gasteiger partial charge in [-0.05, 0) is 12.5 Å². The molecule has 0 aliphatic rings. The lowest BCUT2D eigenvalue weighted by Crippen LogP contribution is -1.97. The van der Waals surface area contributed by atoms with E-state index in [1.165, 1.54) is 0 Å². The summed E-state index contributed by atoms with van der Waals surface area (Å²) in [5.74, 6) is 0.572. The van der Waals surface area contributed by atoms with Crippen molar-refractivity contribution >= 4 is 11.6 Å². The molecule has 0 saturated heterocycles. The maximum absolute atomic E-state index is 5.51. The molecule has 1 rings (SSSR count). The third-order valence-electron chi connectivity index (χ3n) is 1.26. The summed E-state index contributed by atoms with van der Waals surface area (Å²) >= 11 is 5.51. The van der Waals surface area contributed by atoms with Crippen molar-refractivity contribution in [3.8, 4) is 5.88 Å². The van der Waals surface area contributed by atoms with Gasteiger partial charge >= 0.3 is 0 Å². The Morgan fingerprint density at radius 2 is 2.42 bits per heavy atom. The highest BCUT2D eigenvalue weighted by Gasteiger charge is 1.94. The number of nitrogens with zero attached hydrogens (tertiary/aromatic N) is 1. The smallest absolute Gasteiger partial charge is 0.213 e. The summed E-state index contributed by atoms with van der Waals surface area (Å²) in [5.41, 5.74) is 1.10. The summed E-state index contributed by atoms with van der Waals surface area (Å²) in [5, 5.41) is 0.470. The molecule has 1 aromatic heterocycles. The van der Waals surface area contributed by atoms with Gasteiger partial charge in [-0.25, -0.2) is 4.98 Å². The van der Waals surface area contributed by atoms with Crippen molar-refractivity contribution in [1.29, 1.82) is 0 Å². The molecule has 0 fully saturated rings. The fourth-order valence-corrected chi connectivity index (χ4v) is 0.746. The third-order valence-corrected chi connectivity index (χ3v) is 1.37.